The number of hydrogen-bond donors (Lipinski definition) is 2. The van der Waals surface area contributed by atoms with E-state index < -0.39 is 54.3 Å². The van der Waals surface area contributed by atoms with Gasteiger partial charge in [0.2, 0.25) is 0 Å². The molecule has 41 heavy (non-hydrogen) atoms. The number of fused-ring (bicyclic) bond motifs is 1. The van der Waals surface area contributed by atoms with E-state index in [9.17, 15) is 19.1 Å². The molecule has 0 spiro atoms. The number of esters is 1. The summed E-state index contributed by atoms with van der Waals surface area (Å²) >= 11 is 1.32. The lowest BCUT2D eigenvalue weighted by Gasteiger charge is -2.31. The van der Waals surface area contributed by atoms with Gasteiger partial charge in [-0.3, -0.25) is 19.6 Å². The molecule has 0 aliphatic carbocycles. The van der Waals surface area contributed by atoms with E-state index in [0.29, 0.717) is 40.6 Å². The fourth-order valence-corrected chi connectivity index (χ4v) is 6.61. The van der Waals surface area contributed by atoms with Gasteiger partial charge in [-0.15, -0.1) is 11.3 Å². The van der Waals surface area contributed by atoms with Crippen molar-refractivity contribution in [2.75, 3.05) is 32.8 Å². The number of aliphatic carboxylic acids is 1. The van der Waals surface area contributed by atoms with E-state index in [1.807, 2.05) is 0 Å². The summed E-state index contributed by atoms with van der Waals surface area (Å²) in [6.45, 7) is 4.62. The fourth-order valence-electron chi connectivity index (χ4n) is 6.03. The Hall–Kier alpha value is -3.29. The molecule has 3 aliphatic heterocycles. The molecule has 0 amide bonds. The summed E-state index contributed by atoms with van der Waals surface area (Å²) in [5.74, 6) is -5.69. The van der Waals surface area contributed by atoms with E-state index in [-0.39, 0.29) is 25.3 Å². The van der Waals surface area contributed by atoms with Crippen LogP contribution in [-0.2, 0) is 14.3 Å². The zero-order valence-corrected chi connectivity index (χ0v) is 23.8. The van der Waals surface area contributed by atoms with Crippen LogP contribution in [0.25, 0.3) is 0 Å². The van der Waals surface area contributed by atoms with Gasteiger partial charge in [-0.05, 0) is 37.5 Å². The van der Waals surface area contributed by atoms with Crippen LogP contribution in [0.2, 0.25) is 0 Å². The largest absolute Gasteiger partial charge is 0.481 e. The third-order valence-corrected chi connectivity index (χ3v) is 8.72. The molecule has 9 nitrogen and oxygen atoms in total. The van der Waals surface area contributed by atoms with Crippen LogP contribution < -0.4 is 5.32 Å². The van der Waals surface area contributed by atoms with Crippen molar-refractivity contribution in [1.82, 2.24) is 20.1 Å². The number of thiazole rings is 1. The second-order valence-electron chi connectivity index (χ2n) is 10.6. The number of hydrogen-bond acceptors (Lipinski definition) is 9. The standard InChI is InChI=1S/C28H32F3N5O4S/c1-4-40-27(39)21-19(13-36-14-28(30,31)23-20(36)8-10-35(23)12-15(2)26(37)38)33-24(25-32-9-11-41-25)34-22(21)17-6-5-7-18(29)16(17)3/h5-7,9,11,15,20,22-23H,4,8,10,12-14H2,1-3H3,(H,33,34)(H,37,38)/t15-,20-,22-,23+/m0/s1. The molecule has 2 N–H and O–H groups in total. The summed E-state index contributed by atoms with van der Waals surface area (Å²) in [6, 6.07) is 1.90. The zero-order valence-electron chi connectivity index (χ0n) is 22.9. The number of aromatic nitrogens is 1. The Kier molecular flexibility index (Phi) is 8.22. The number of nitrogens with zero attached hydrogens (tertiary/aromatic N) is 4. The van der Waals surface area contributed by atoms with E-state index in [0.717, 1.165) is 0 Å². The summed E-state index contributed by atoms with van der Waals surface area (Å²) in [7, 11) is 0. The number of nitrogens with one attached hydrogen (secondary N) is 1. The van der Waals surface area contributed by atoms with Crippen LogP contribution in [0.4, 0.5) is 13.2 Å². The van der Waals surface area contributed by atoms with Crippen molar-refractivity contribution in [2.45, 2.75) is 51.2 Å². The second kappa shape index (κ2) is 11.5. The lowest BCUT2D eigenvalue weighted by Crippen LogP contribution is -2.47. The predicted octanol–water partition coefficient (Wildman–Crippen LogP) is 3.61. The van der Waals surface area contributed by atoms with E-state index in [2.05, 4.69) is 10.3 Å². The number of rotatable bonds is 9. The highest BCUT2D eigenvalue weighted by Gasteiger charge is 2.59. The minimum absolute atomic E-state index is 0.0245. The molecular weight excluding hydrogens is 559 g/mol. The summed E-state index contributed by atoms with van der Waals surface area (Å²) in [5, 5.41) is 14.8. The monoisotopic (exact) mass is 591 g/mol. The van der Waals surface area contributed by atoms with Gasteiger partial charge < -0.3 is 15.2 Å². The average molecular weight is 592 g/mol. The maximum absolute atomic E-state index is 15.5. The van der Waals surface area contributed by atoms with Crippen LogP contribution in [0.5, 0.6) is 0 Å². The van der Waals surface area contributed by atoms with Gasteiger partial charge in [0, 0.05) is 43.0 Å². The van der Waals surface area contributed by atoms with Crippen LogP contribution in [0.3, 0.4) is 0 Å². The molecule has 1 aromatic heterocycles. The zero-order chi connectivity index (χ0) is 29.5. The van der Waals surface area contributed by atoms with E-state index in [1.165, 1.54) is 30.4 Å². The highest BCUT2D eigenvalue weighted by atomic mass is 32.1. The molecule has 2 saturated heterocycles. The molecule has 1 aromatic carbocycles. The van der Waals surface area contributed by atoms with Crippen LogP contribution >= 0.6 is 11.3 Å². The Morgan fingerprint density at radius 1 is 1.32 bits per heavy atom. The van der Waals surface area contributed by atoms with Crippen LogP contribution in [0.15, 0.2) is 46.0 Å². The third-order valence-electron chi connectivity index (χ3n) is 7.94. The van der Waals surface area contributed by atoms with E-state index in [1.54, 1.807) is 41.3 Å². The molecule has 3 aliphatic rings. The number of likely N-dealkylation sites (tertiary alicyclic amines) is 2. The minimum Gasteiger partial charge on any atom is -0.481 e. The molecule has 13 heteroatoms. The molecule has 0 bridgehead atoms. The van der Waals surface area contributed by atoms with Crippen LogP contribution in [0, 0.1) is 18.7 Å². The lowest BCUT2D eigenvalue weighted by atomic mass is 9.92. The SMILES string of the molecule is CCOC(=O)C1=C(CN2CC(F)(F)[C@H]3[C@@H]2CCN3C[C@H](C)C(=O)O)NC(c2nccs2)=N[C@H]1c1cccc(F)c1C. The smallest absolute Gasteiger partial charge is 0.338 e. The third kappa shape index (κ3) is 5.62. The van der Waals surface area contributed by atoms with Gasteiger partial charge in [-0.2, -0.15) is 0 Å². The highest BCUT2D eigenvalue weighted by Crippen LogP contribution is 2.43. The summed E-state index contributed by atoms with van der Waals surface area (Å²) < 4.78 is 51.0. The summed E-state index contributed by atoms with van der Waals surface area (Å²) in [5.41, 5.74) is 1.24. The number of carbonyl (C=O) groups excluding carboxylic acids is 1. The maximum atomic E-state index is 15.5. The molecule has 2 fully saturated rings. The van der Waals surface area contributed by atoms with Gasteiger partial charge in [0.15, 0.2) is 10.8 Å². The van der Waals surface area contributed by atoms with Gasteiger partial charge in [0.1, 0.15) is 11.9 Å². The Morgan fingerprint density at radius 3 is 2.78 bits per heavy atom. The number of carbonyl (C=O) groups is 2. The number of ether oxygens (including phenoxy) is 1. The maximum Gasteiger partial charge on any atom is 0.338 e. The molecule has 4 heterocycles. The first-order valence-corrected chi connectivity index (χ1v) is 14.4. The van der Waals surface area contributed by atoms with Gasteiger partial charge in [0.25, 0.3) is 5.92 Å². The number of amidine groups is 1. The Balaban J connectivity index is 1.54. The summed E-state index contributed by atoms with van der Waals surface area (Å²) in [4.78, 5) is 37.1. The van der Waals surface area contributed by atoms with Crippen molar-refractivity contribution in [2.24, 2.45) is 10.9 Å². The van der Waals surface area contributed by atoms with E-state index in [4.69, 9.17) is 9.73 Å². The molecule has 5 rings (SSSR count). The van der Waals surface area contributed by atoms with Crippen molar-refractivity contribution in [3.05, 3.63) is 63.0 Å². The Bertz CT molecular complexity index is 1380. The van der Waals surface area contributed by atoms with Gasteiger partial charge in [-0.25, -0.2) is 22.9 Å². The number of alkyl halides is 2. The van der Waals surface area contributed by atoms with Gasteiger partial charge in [-0.1, -0.05) is 19.1 Å². The quantitative estimate of drug-likeness (QED) is 0.426. The topological polar surface area (TPSA) is 107 Å². The van der Waals surface area contributed by atoms with Crippen molar-refractivity contribution in [3.8, 4) is 0 Å². The summed E-state index contributed by atoms with van der Waals surface area (Å²) in [6.07, 6.45) is 2.03. The number of halogens is 3. The van der Waals surface area contributed by atoms with Crippen LogP contribution in [0.1, 0.15) is 42.4 Å². The lowest BCUT2D eigenvalue weighted by molar-refractivity contribution is -0.142. The molecular formula is C28H32F3N5O4S. The minimum atomic E-state index is -3.09. The number of aliphatic imine (C=N–C) groups is 1. The highest BCUT2D eigenvalue weighted by molar-refractivity contribution is 7.11. The number of benzene rings is 1. The van der Waals surface area contributed by atoms with Crippen molar-refractivity contribution in [1.29, 1.82) is 0 Å². The first kappa shape index (κ1) is 29.2. The first-order valence-electron chi connectivity index (χ1n) is 13.5. The molecule has 4 atom stereocenters. The van der Waals surface area contributed by atoms with E-state index >= 15 is 8.78 Å². The Morgan fingerprint density at radius 2 is 2.10 bits per heavy atom. The second-order valence-corrected chi connectivity index (χ2v) is 11.5. The van der Waals surface area contributed by atoms with Gasteiger partial charge >= 0.3 is 11.9 Å². The molecule has 0 unspecified atom stereocenters. The first-order chi connectivity index (χ1) is 19.5. The van der Waals surface area contributed by atoms with Crippen LogP contribution in [-0.4, -0.2) is 88.5 Å². The van der Waals surface area contributed by atoms with Crippen molar-refractivity contribution >= 4 is 29.1 Å². The fraction of sp³-hybridized carbons (Fsp3) is 0.500. The molecule has 0 radical (unpaired) electrons. The van der Waals surface area contributed by atoms with Gasteiger partial charge in [0.05, 0.1) is 30.7 Å². The Labute approximate surface area is 239 Å². The molecule has 220 valence electrons. The normalized spacial score (nSPS) is 25.0. The van der Waals surface area contributed by atoms with Crippen molar-refractivity contribution < 1.29 is 32.6 Å². The number of carboxylic acid groups (broad SMARTS) is 1. The molecule has 2 aromatic rings. The molecule has 0 saturated carbocycles. The average Bonchev–Trinajstić information content (AvgIpc) is 3.65. The van der Waals surface area contributed by atoms with Crippen molar-refractivity contribution in [3.63, 3.8) is 0 Å². The number of carboxylic acids is 1. The predicted molar refractivity (Wildman–Crippen MR) is 146 cm³/mol.